The fourth-order valence-electron chi connectivity index (χ4n) is 3.68. The van der Waals surface area contributed by atoms with Crippen LogP contribution in [0, 0.1) is 6.92 Å². The summed E-state index contributed by atoms with van der Waals surface area (Å²) >= 11 is 3.48. The van der Waals surface area contributed by atoms with Crippen molar-refractivity contribution in [3.63, 3.8) is 0 Å². The van der Waals surface area contributed by atoms with Gasteiger partial charge >= 0.3 is 0 Å². The van der Waals surface area contributed by atoms with Gasteiger partial charge in [0, 0.05) is 22.9 Å². The molecule has 0 aliphatic heterocycles. The summed E-state index contributed by atoms with van der Waals surface area (Å²) in [5.41, 5.74) is 5.24. The van der Waals surface area contributed by atoms with Crippen molar-refractivity contribution < 1.29 is 18.9 Å². The van der Waals surface area contributed by atoms with Crippen molar-refractivity contribution >= 4 is 21.6 Å². The van der Waals surface area contributed by atoms with E-state index in [-0.39, 0.29) is 0 Å². The van der Waals surface area contributed by atoms with Crippen molar-refractivity contribution in [3.8, 4) is 45.4 Å². The van der Waals surface area contributed by atoms with Crippen LogP contribution in [-0.2, 0) is 0 Å². The molecule has 160 valence electrons. The average molecular weight is 484 g/mol. The Balaban J connectivity index is 2.09. The van der Waals surface area contributed by atoms with Gasteiger partial charge in [0.1, 0.15) is 10.4 Å². The lowest BCUT2D eigenvalue weighted by molar-refractivity contribution is 0.324. The minimum absolute atomic E-state index is 0.531. The minimum Gasteiger partial charge on any atom is -0.497 e. The number of benzene rings is 2. The Morgan fingerprint density at radius 2 is 1.45 bits per heavy atom. The maximum Gasteiger partial charge on any atom is 0.203 e. The van der Waals surface area contributed by atoms with Crippen molar-refractivity contribution in [3.05, 3.63) is 52.8 Å². The first-order chi connectivity index (χ1) is 15.0. The van der Waals surface area contributed by atoms with Gasteiger partial charge in [-0.05, 0) is 52.7 Å². The second-order valence-electron chi connectivity index (χ2n) is 6.80. The zero-order valence-electron chi connectivity index (χ0n) is 17.9. The van der Waals surface area contributed by atoms with E-state index in [1.54, 1.807) is 28.4 Å². The topological polar surface area (TPSA) is 67.1 Å². The first-order valence-electron chi connectivity index (χ1n) is 9.51. The molecule has 0 aliphatic carbocycles. The molecule has 0 aliphatic rings. The molecule has 0 saturated heterocycles. The molecule has 0 saturated carbocycles. The highest BCUT2D eigenvalue weighted by Crippen LogP contribution is 2.44. The minimum atomic E-state index is 0.531. The number of aryl methyl sites for hydroxylation is 1. The van der Waals surface area contributed by atoms with Crippen LogP contribution in [0.1, 0.15) is 5.69 Å². The summed E-state index contributed by atoms with van der Waals surface area (Å²) in [5, 5.41) is 4.64. The summed E-state index contributed by atoms with van der Waals surface area (Å²) in [6, 6.07) is 13.6. The molecular formula is C23H22BrN3O4. The zero-order chi connectivity index (χ0) is 22.1. The normalized spacial score (nSPS) is 10.9. The van der Waals surface area contributed by atoms with Gasteiger partial charge in [-0.25, -0.2) is 9.50 Å². The molecule has 2 aromatic heterocycles. The van der Waals surface area contributed by atoms with Crippen LogP contribution in [0.5, 0.6) is 23.0 Å². The number of hydrogen-bond donors (Lipinski definition) is 0. The molecular weight excluding hydrogens is 462 g/mol. The first-order valence-corrected chi connectivity index (χ1v) is 10.3. The summed E-state index contributed by atoms with van der Waals surface area (Å²) in [5.74, 6) is 2.44. The number of ether oxygens (including phenoxy) is 4. The van der Waals surface area contributed by atoms with E-state index in [9.17, 15) is 0 Å². The summed E-state index contributed by atoms with van der Waals surface area (Å²) < 4.78 is 24.5. The Labute approximate surface area is 188 Å². The average Bonchev–Trinajstić information content (AvgIpc) is 3.16. The Bertz CT molecular complexity index is 1230. The van der Waals surface area contributed by atoms with Gasteiger partial charge < -0.3 is 18.9 Å². The number of nitrogens with zero attached hydrogens (tertiary/aromatic N) is 3. The van der Waals surface area contributed by atoms with Crippen LogP contribution in [0.2, 0.25) is 0 Å². The van der Waals surface area contributed by atoms with Crippen molar-refractivity contribution in [2.45, 2.75) is 6.92 Å². The highest BCUT2D eigenvalue weighted by molar-refractivity contribution is 9.10. The van der Waals surface area contributed by atoms with Crippen LogP contribution < -0.4 is 18.9 Å². The molecule has 2 heterocycles. The summed E-state index contributed by atoms with van der Waals surface area (Å²) in [6.45, 7) is 1.99. The van der Waals surface area contributed by atoms with Gasteiger partial charge in [0.15, 0.2) is 17.1 Å². The summed E-state index contributed by atoms with van der Waals surface area (Å²) in [4.78, 5) is 4.77. The molecule has 4 rings (SSSR count). The molecule has 0 N–H and O–H groups in total. The Morgan fingerprint density at radius 1 is 0.806 bits per heavy atom. The third kappa shape index (κ3) is 3.67. The fourth-order valence-corrected chi connectivity index (χ4v) is 4.04. The quantitative estimate of drug-likeness (QED) is 0.376. The zero-order valence-corrected chi connectivity index (χ0v) is 19.5. The van der Waals surface area contributed by atoms with E-state index >= 15 is 0 Å². The molecule has 8 heteroatoms. The monoisotopic (exact) mass is 483 g/mol. The fraction of sp³-hybridized carbons (Fsp3) is 0.217. The lowest BCUT2D eigenvalue weighted by Gasteiger charge is -2.18. The van der Waals surface area contributed by atoms with Crippen LogP contribution in [0.4, 0.5) is 0 Å². The van der Waals surface area contributed by atoms with E-state index in [2.05, 4.69) is 21.0 Å². The molecule has 0 unspecified atom stereocenters. The molecule has 0 spiro atoms. The Morgan fingerprint density at radius 3 is 2.00 bits per heavy atom. The van der Waals surface area contributed by atoms with E-state index < -0.39 is 0 Å². The van der Waals surface area contributed by atoms with Crippen molar-refractivity contribution in [1.29, 1.82) is 0 Å². The van der Waals surface area contributed by atoms with E-state index in [4.69, 9.17) is 23.9 Å². The maximum atomic E-state index is 5.59. The number of halogens is 1. The third-order valence-electron chi connectivity index (χ3n) is 5.07. The van der Waals surface area contributed by atoms with Gasteiger partial charge in [-0.1, -0.05) is 12.1 Å². The van der Waals surface area contributed by atoms with Gasteiger partial charge in [-0.15, -0.1) is 0 Å². The second-order valence-corrected chi connectivity index (χ2v) is 7.61. The van der Waals surface area contributed by atoms with E-state index in [0.717, 1.165) is 39.5 Å². The number of hydrogen-bond acceptors (Lipinski definition) is 6. The number of fused-ring (bicyclic) bond motifs is 1. The Hall–Kier alpha value is -3.26. The van der Waals surface area contributed by atoms with E-state index in [1.807, 2.05) is 53.9 Å². The van der Waals surface area contributed by atoms with Crippen LogP contribution in [0.15, 0.2) is 47.1 Å². The van der Waals surface area contributed by atoms with Crippen molar-refractivity contribution in [2.75, 3.05) is 28.4 Å². The molecule has 2 aromatic carbocycles. The van der Waals surface area contributed by atoms with Crippen LogP contribution in [-0.4, -0.2) is 43.0 Å². The van der Waals surface area contributed by atoms with Crippen LogP contribution in [0.25, 0.3) is 28.0 Å². The van der Waals surface area contributed by atoms with E-state index in [0.29, 0.717) is 21.9 Å². The first kappa shape index (κ1) is 21.0. The van der Waals surface area contributed by atoms with Gasteiger partial charge in [-0.2, -0.15) is 5.10 Å². The smallest absolute Gasteiger partial charge is 0.203 e. The molecule has 0 radical (unpaired) electrons. The molecule has 0 bridgehead atoms. The second kappa shape index (κ2) is 8.47. The summed E-state index contributed by atoms with van der Waals surface area (Å²) in [7, 11) is 6.44. The highest BCUT2D eigenvalue weighted by atomic mass is 79.9. The van der Waals surface area contributed by atoms with Crippen molar-refractivity contribution in [1.82, 2.24) is 14.6 Å². The molecule has 0 amide bonds. The lowest BCUT2D eigenvalue weighted by atomic mass is 9.97. The maximum absolute atomic E-state index is 5.59. The Kier molecular flexibility index (Phi) is 5.73. The van der Waals surface area contributed by atoms with Crippen molar-refractivity contribution in [2.24, 2.45) is 0 Å². The molecule has 4 aromatic rings. The van der Waals surface area contributed by atoms with Gasteiger partial charge in [-0.3, -0.25) is 0 Å². The molecule has 31 heavy (non-hydrogen) atoms. The number of aromatic nitrogens is 3. The predicted molar refractivity (Wildman–Crippen MR) is 123 cm³/mol. The van der Waals surface area contributed by atoms with Crippen LogP contribution in [0.3, 0.4) is 0 Å². The standard InChI is InChI=1S/C23H22BrN3O4/c1-13-21(14-6-8-16(28-2)9-7-14)22(27-20(25-13)12-19(24)26-27)15-10-17(29-3)23(31-5)18(11-15)30-4/h6-12H,1-5H3. The lowest BCUT2D eigenvalue weighted by Crippen LogP contribution is -2.04. The SMILES string of the molecule is COc1ccc(-c2c(C)nc3cc(Br)nn3c2-c2cc(OC)c(OC)c(OC)c2)cc1. The molecule has 7 nitrogen and oxygen atoms in total. The van der Waals surface area contributed by atoms with Gasteiger partial charge in [0.25, 0.3) is 0 Å². The van der Waals surface area contributed by atoms with Gasteiger partial charge in [0.05, 0.1) is 34.1 Å². The van der Waals surface area contributed by atoms with E-state index in [1.165, 1.54) is 0 Å². The number of rotatable bonds is 6. The van der Waals surface area contributed by atoms with Gasteiger partial charge in [0.2, 0.25) is 5.75 Å². The summed E-state index contributed by atoms with van der Waals surface area (Å²) in [6.07, 6.45) is 0. The molecule has 0 fully saturated rings. The third-order valence-corrected chi connectivity index (χ3v) is 5.46. The van der Waals surface area contributed by atoms with Crippen LogP contribution >= 0.6 is 15.9 Å². The molecule has 0 atom stereocenters. The number of methoxy groups -OCH3 is 4. The highest BCUT2D eigenvalue weighted by Gasteiger charge is 2.22. The largest absolute Gasteiger partial charge is 0.497 e. The predicted octanol–water partition coefficient (Wildman–Crippen LogP) is 5.17.